The molecule has 0 saturated carbocycles. The minimum absolute atomic E-state index is 0.110. The van der Waals surface area contributed by atoms with Gasteiger partial charge >= 0.3 is 5.97 Å². The van der Waals surface area contributed by atoms with Crippen LogP contribution in [0.4, 0.5) is 5.69 Å². The summed E-state index contributed by atoms with van der Waals surface area (Å²) in [5.41, 5.74) is 4.12. The van der Waals surface area contributed by atoms with Crippen molar-refractivity contribution in [1.29, 1.82) is 0 Å². The predicted molar refractivity (Wildman–Crippen MR) is 183 cm³/mol. The Morgan fingerprint density at radius 1 is 1.00 bits per heavy atom. The van der Waals surface area contributed by atoms with E-state index in [1.165, 1.54) is 11.3 Å². The largest absolute Gasteiger partial charge is 0.491 e. The van der Waals surface area contributed by atoms with Crippen molar-refractivity contribution in [2.45, 2.75) is 60.3 Å². The van der Waals surface area contributed by atoms with E-state index in [0.717, 1.165) is 29.9 Å². The van der Waals surface area contributed by atoms with E-state index in [4.69, 9.17) is 19.2 Å². The van der Waals surface area contributed by atoms with Gasteiger partial charge in [-0.1, -0.05) is 59.9 Å². The van der Waals surface area contributed by atoms with Gasteiger partial charge in [0, 0.05) is 36.0 Å². The van der Waals surface area contributed by atoms with Crippen LogP contribution in [0, 0.1) is 0 Å². The topological polar surface area (TPSA) is 82.4 Å². The molecule has 0 saturated heterocycles. The number of carbonyl (C=O) groups is 1. The molecule has 1 aromatic heterocycles. The number of aromatic nitrogens is 1. The quantitative estimate of drug-likeness (QED) is 0.177. The first kappa shape index (κ1) is 32.8. The van der Waals surface area contributed by atoms with Crippen molar-refractivity contribution >= 4 is 29.1 Å². The number of nitrogens with zero attached hydrogens (tertiary/aromatic N) is 3. The lowest BCUT2D eigenvalue weighted by Crippen LogP contribution is -2.40. The summed E-state index contributed by atoms with van der Waals surface area (Å²) in [7, 11) is 0. The SMILES string of the molecule is CCOC(=O)C1=C(C)N=c2s/c(=C\c3ccc(N(CC)CC)cc3OCc3ccccc3)c(=O)n2[C@H]1c1ccccc1OC(C)C. The molecule has 9 heteroatoms. The summed E-state index contributed by atoms with van der Waals surface area (Å²) in [6, 6.07) is 22.8. The third-order valence-corrected chi connectivity index (χ3v) is 8.73. The van der Waals surface area contributed by atoms with E-state index in [0.29, 0.717) is 44.3 Å². The highest BCUT2D eigenvalue weighted by atomic mass is 32.1. The molecule has 0 unspecified atom stereocenters. The zero-order valence-electron chi connectivity index (χ0n) is 27.3. The highest BCUT2D eigenvalue weighted by molar-refractivity contribution is 7.07. The van der Waals surface area contributed by atoms with Crippen molar-refractivity contribution in [1.82, 2.24) is 4.57 Å². The average molecular weight is 640 g/mol. The Morgan fingerprint density at radius 3 is 2.41 bits per heavy atom. The molecular formula is C37H41N3O5S. The lowest BCUT2D eigenvalue weighted by atomic mass is 9.95. The Labute approximate surface area is 273 Å². The molecule has 0 N–H and O–H groups in total. The van der Waals surface area contributed by atoms with Crippen LogP contribution in [0.1, 0.15) is 64.3 Å². The van der Waals surface area contributed by atoms with E-state index in [1.807, 2.05) is 86.7 Å². The summed E-state index contributed by atoms with van der Waals surface area (Å²) in [6.45, 7) is 14.0. The van der Waals surface area contributed by atoms with Crippen molar-refractivity contribution in [3.63, 3.8) is 0 Å². The maximum atomic E-state index is 14.3. The molecule has 46 heavy (non-hydrogen) atoms. The molecular weight excluding hydrogens is 598 g/mol. The summed E-state index contributed by atoms with van der Waals surface area (Å²) in [5, 5.41) is 0. The number of thiazole rings is 1. The Morgan fingerprint density at radius 2 is 1.72 bits per heavy atom. The first-order valence-corrected chi connectivity index (χ1v) is 16.6. The number of carbonyl (C=O) groups excluding carboxylic acids is 1. The molecule has 3 aromatic carbocycles. The Hall–Kier alpha value is -4.63. The molecule has 5 rings (SSSR count). The molecule has 1 atom stereocenters. The number of fused-ring (bicyclic) bond motifs is 1. The summed E-state index contributed by atoms with van der Waals surface area (Å²) in [6.07, 6.45) is 1.74. The van der Waals surface area contributed by atoms with Crippen LogP contribution in [0.15, 0.2) is 93.9 Å². The Bertz CT molecular complexity index is 1910. The lowest BCUT2D eigenvalue weighted by Gasteiger charge is -2.26. The third-order valence-electron chi connectivity index (χ3n) is 7.74. The first-order valence-electron chi connectivity index (χ1n) is 15.8. The van der Waals surface area contributed by atoms with Gasteiger partial charge < -0.3 is 19.1 Å². The molecule has 0 bridgehead atoms. The Kier molecular flexibility index (Phi) is 10.4. The standard InChI is InChI=1S/C37H41N3O5S/c1-7-39(8-2)28-20-19-27(31(22-28)44-23-26-15-11-10-12-16-26)21-32-35(41)40-34(29-17-13-14-18-30(29)45-24(4)5)33(36(42)43-9-3)25(6)38-37(40)46-32/h10-22,24,34H,7-9,23H2,1-6H3/b32-21-/t34-/m0/s1. The maximum absolute atomic E-state index is 14.3. The second kappa shape index (κ2) is 14.6. The van der Waals surface area contributed by atoms with E-state index in [9.17, 15) is 9.59 Å². The van der Waals surface area contributed by atoms with Gasteiger partial charge in [-0.2, -0.15) is 0 Å². The Balaban J connectivity index is 1.67. The van der Waals surface area contributed by atoms with Gasteiger partial charge in [0.2, 0.25) is 0 Å². The molecule has 0 spiro atoms. The molecule has 8 nitrogen and oxygen atoms in total. The molecule has 0 amide bonds. The maximum Gasteiger partial charge on any atom is 0.338 e. The zero-order chi connectivity index (χ0) is 32.8. The molecule has 2 heterocycles. The van der Waals surface area contributed by atoms with Gasteiger partial charge in [0.25, 0.3) is 5.56 Å². The van der Waals surface area contributed by atoms with Gasteiger partial charge in [0.05, 0.1) is 28.5 Å². The fourth-order valence-corrected chi connectivity index (χ4v) is 6.62. The molecule has 1 aliphatic rings. The highest BCUT2D eigenvalue weighted by Crippen LogP contribution is 2.36. The third kappa shape index (κ3) is 6.94. The lowest BCUT2D eigenvalue weighted by molar-refractivity contribution is -0.139. The number of esters is 1. The van der Waals surface area contributed by atoms with Crippen LogP contribution in [-0.4, -0.2) is 36.3 Å². The van der Waals surface area contributed by atoms with Crippen LogP contribution in [0.5, 0.6) is 11.5 Å². The van der Waals surface area contributed by atoms with Crippen LogP contribution < -0.4 is 29.3 Å². The van der Waals surface area contributed by atoms with Crippen molar-refractivity contribution < 1.29 is 19.0 Å². The molecule has 0 radical (unpaired) electrons. The van der Waals surface area contributed by atoms with Crippen molar-refractivity contribution in [3.05, 3.63) is 120 Å². The van der Waals surface area contributed by atoms with E-state index in [-0.39, 0.29) is 18.3 Å². The van der Waals surface area contributed by atoms with Gasteiger partial charge in [-0.05, 0) is 71.4 Å². The molecule has 240 valence electrons. The number of rotatable bonds is 12. The van der Waals surface area contributed by atoms with Gasteiger partial charge in [0.15, 0.2) is 4.80 Å². The minimum Gasteiger partial charge on any atom is -0.491 e. The zero-order valence-corrected chi connectivity index (χ0v) is 28.1. The van der Waals surface area contributed by atoms with Gasteiger partial charge in [-0.3, -0.25) is 9.36 Å². The van der Waals surface area contributed by atoms with Gasteiger partial charge in [0.1, 0.15) is 24.1 Å². The minimum atomic E-state index is -0.772. The fraction of sp³-hybridized carbons (Fsp3) is 0.324. The normalized spacial score (nSPS) is 14.6. The summed E-state index contributed by atoms with van der Waals surface area (Å²) >= 11 is 1.28. The molecule has 0 fully saturated rings. The second-order valence-corrected chi connectivity index (χ2v) is 12.2. The number of anilines is 1. The number of hydrogen-bond acceptors (Lipinski definition) is 8. The number of para-hydroxylation sites is 1. The predicted octanol–water partition coefficient (Wildman–Crippen LogP) is 6.01. The molecule has 1 aliphatic heterocycles. The molecule has 4 aromatic rings. The van der Waals surface area contributed by atoms with E-state index >= 15 is 0 Å². The number of benzene rings is 3. The average Bonchev–Trinajstić information content (AvgIpc) is 3.35. The van der Waals surface area contributed by atoms with Gasteiger partial charge in [-0.25, -0.2) is 9.79 Å². The highest BCUT2D eigenvalue weighted by Gasteiger charge is 2.35. The fourth-order valence-electron chi connectivity index (χ4n) is 5.58. The second-order valence-electron chi connectivity index (χ2n) is 11.2. The van der Waals surface area contributed by atoms with Crippen molar-refractivity contribution in [3.8, 4) is 11.5 Å². The summed E-state index contributed by atoms with van der Waals surface area (Å²) < 4.78 is 20.1. The summed E-state index contributed by atoms with van der Waals surface area (Å²) in [4.78, 5) is 35.2. The van der Waals surface area contributed by atoms with E-state index in [2.05, 4.69) is 24.8 Å². The van der Waals surface area contributed by atoms with Crippen LogP contribution in [0.25, 0.3) is 6.08 Å². The first-order chi connectivity index (χ1) is 22.2. The van der Waals surface area contributed by atoms with Crippen LogP contribution in [-0.2, 0) is 16.1 Å². The van der Waals surface area contributed by atoms with Crippen LogP contribution >= 0.6 is 11.3 Å². The smallest absolute Gasteiger partial charge is 0.338 e. The van der Waals surface area contributed by atoms with E-state index < -0.39 is 12.0 Å². The number of hydrogen-bond donors (Lipinski definition) is 0. The van der Waals surface area contributed by atoms with Crippen molar-refractivity contribution in [2.24, 2.45) is 4.99 Å². The van der Waals surface area contributed by atoms with Crippen LogP contribution in [0.3, 0.4) is 0 Å². The van der Waals surface area contributed by atoms with Crippen LogP contribution in [0.2, 0.25) is 0 Å². The number of allylic oxidation sites excluding steroid dienone is 1. The summed E-state index contributed by atoms with van der Waals surface area (Å²) in [5.74, 6) is 0.762. The number of ether oxygens (including phenoxy) is 3. The van der Waals surface area contributed by atoms with E-state index in [1.54, 1.807) is 18.4 Å². The van der Waals surface area contributed by atoms with Crippen molar-refractivity contribution in [2.75, 3.05) is 24.6 Å². The van der Waals surface area contributed by atoms with Gasteiger partial charge in [-0.15, -0.1) is 0 Å². The monoisotopic (exact) mass is 639 g/mol. The molecule has 0 aliphatic carbocycles.